The number of carbonyl (C=O) groups is 1. The zero-order valence-corrected chi connectivity index (χ0v) is 17.2. The zero-order chi connectivity index (χ0) is 21.3. The summed E-state index contributed by atoms with van der Waals surface area (Å²) in [5, 5.41) is 0.913. The number of fused-ring (bicyclic) bond motifs is 1. The SMILES string of the molecule is CCOC(=O)c1ccc(-c2c(C)cc3oc(=O)cc(-c4ccccc4)c3c2C)cc1. The molecule has 4 rings (SSSR count). The molecule has 1 aromatic heterocycles. The summed E-state index contributed by atoms with van der Waals surface area (Å²) in [6, 6.07) is 20.7. The Morgan fingerprint density at radius 3 is 2.30 bits per heavy atom. The summed E-state index contributed by atoms with van der Waals surface area (Å²) in [5.41, 5.74) is 6.61. The molecule has 0 aliphatic heterocycles. The Balaban J connectivity index is 1.93. The lowest BCUT2D eigenvalue weighted by atomic mass is 9.89. The second-order valence-electron chi connectivity index (χ2n) is 7.21. The summed E-state index contributed by atoms with van der Waals surface area (Å²) in [5.74, 6) is -0.329. The molecular formula is C26H22O4. The van der Waals surface area contributed by atoms with Gasteiger partial charge in [-0.2, -0.15) is 0 Å². The molecule has 0 fully saturated rings. The summed E-state index contributed by atoms with van der Waals surface area (Å²) in [6.45, 7) is 6.17. The van der Waals surface area contributed by atoms with Gasteiger partial charge in [-0.15, -0.1) is 0 Å². The zero-order valence-electron chi connectivity index (χ0n) is 17.2. The first-order valence-corrected chi connectivity index (χ1v) is 9.90. The minimum absolute atomic E-state index is 0.329. The van der Waals surface area contributed by atoms with Gasteiger partial charge in [0.15, 0.2) is 0 Å². The number of esters is 1. The van der Waals surface area contributed by atoms with Gasteiger partial charge in [-0.25, -0.2) is 9.59 Å². The Bertz CT molecular complexity index is 1280. The fourth-order valence-electron chi connectivity index (χ4n) is 3.97. The summed E-state index contributed by atoms with van der Waals surface area (Å²) in [6.07, 6.45) is 0. The van der Waals surface area contributed by atoms with Crippen molar-refractivity contribution in [2.75, 3.05) is 6.61 Å². The van der Waals surface area contributed by atoms with Crippen LogP contribution in [-0.4, -0.2) is 12.6 Å². The molecule has 4 heteroatoms. The molecule has 0 amide bonds. The lowest BCUT2D eigenvalue weighted by Gasteiger charge is -2.16. The Kier molecular flexibility index (Phi) is 5.23. The monoisotopic (exact) mass is 398 g/mol. The minimum atomic E-state index is -0.369. The van der Waals surface area contributed by atoms with Crippen LogP contribution in [0.4, 0.5) is 0 Å². The van der Waals surface area contributed by atoms with Crippen molar-refractivity contribution in [3.8, 4) is 22.3 Å². The number of aryl methyl sites for hydroxylation is 2. The molecule has 0 unspecified atom stereocenters. The predicted molar refractivity (Wildman–Crippen MR) is 119 cm³/mol. The van der Waals surface area contributed by atoms with Crippen molar-refractivity contribution in [3.63, 3.8) is 0 Å². The molecule has 1 heterocycles. The Morgan fingerprint density at radius 2 is 1.63 bits per heavy atom. The average Bonchev–Trinajstić information content (AvgIpc) is 2.74. The molecular weight excluding hydrogens is 376 g/mol. The van der Waals surface area contributed by atoms with Gasteiger partial charge in [0, 0.05) is 17.0 Å². The Morgan fingerprint density at radius 1 is 0.933 bits per heavy atom. The van der Waals surface area contributed by atoms with Gasteiger partial charge in [-0.05, 0) is 66.8 Å². The highest BCUT2D eigenvalue weighted by atomic mass is 16.5. The number of ether oxygens (including phenoxy) is 1. The third kappa shape index (κ3) is 3.52. The van der Waals surface area contributed by atoms with Crippen LogP contribution in [0.15, 0.2) is 75.9 Å². The molecule has 0 radical (unpaired) electrons. The lowest BCUT2D eigenvalue weighted by molar-refractivity contribution is 0.0526. The van der Waals surface area contributed by atoms with E-state index in [1.807, 2.05) is 62.4 Å². The quantitative estimate of drug-likeness (QED) is 0.316. The van der Waals surface area contributed by atoms with E-state index in [0.29, 0.717) is 17.8 Å². The first kappa shape index (κ1) is 19.6. The van der Waals surface area contributed by atoms with Crippen molar-refractivity contribution in [3.05, 3.63) is 93.8 Å². The summed E-state index contributed by atoms with van der Waals surface area (Å²) < 4.78 is 10.6. The van der Waals surface area contributed by atoms with Crippen LogP contribution in [-0.2, 0) is 4.74 Å². The highest BCUT2D eigenvalue weighted by molar-refractivity contribution is 6.00. The van der Waals surface area contributed by atoms with Crippen molar-refractivity contribution >= 4 is 16.9 Å². The van der Waals surface area contributed by atoms with Gasteiger partial charge < -0.3 is 9.15 Å². The van der Waals surface area contributed by atoms with Gasteiger partial charge in [0.05, 0.1) is 12.2 Å². The van der Waals surface area contributed by atoms with E-state index in [9.17, 15) is 9.59 Å². The number of benzene rings is 3. The van der Waals surface area contributed by atoms with Crippen molar-refractivity contribution in [2.45, 2.75) is 20.8 Å². The number of rotatable bonds is 4. The molecule has 0 saturated carbocycles. The molecule has 0 aliphatic rings. The third-order valence-corrected chi connectivity index (χ3v) is 5.25. The molecule has 4 aromatic rings. The summed E-state index contributed by atoms with van der Waals surface area (Å²) in [4.78, 5) is 24.2. The van der Waals surface area contributed by atoms with E-state index < -0.39 is 0 Å². The van der Waals surface area contributed by atoms with Crippen molar-refractivity contribution in [2.24, 2.45) is 0 Å². The molecule has 0 spiro atoms. The van der Waals surface area contributed by atoms with Gasteiger partial charge in [-0.1, -0.05) is 42.5 Å². The molecule has 0 bridgehead atoms. The molecule has 3 aromatic carbocycles. The first-order valence-electron chi connectivity index (χ1n) is 9.90. The van der Waals surface area contributed by atoms with Gasteiger partial charge >= 0.3 is 11.6 Å². The van der Waals surface area contributed by atoms with Crippen molar-refractivity contribution < 1.29 is 13.9 Å². The molecule has 0 saturated heterocycles. The molecule has 0 aliphatic carbocycles. The smallest absolute Gasteiger partial charge is 0.338 e. The van der Waals surface area contributed by atoms with E-state index in [4.69, 9.17) is 9.15 Å². The van der Waals surface area contributed by atoms with Crippen LogP contribution in [0.3, 0.4) is 0 Å². The predicted octanol–water partition coefficient (Wildman–Crippen LogP) is 5.92. The van der Waals surface area contributed by atoms with E-state index >= 15 is 0 Å². The van der Waals surface area contributed by atoms with Crippen LogP contribution in [0.5, 0.6) is 0 Å². The van der Waals surface area contributed by atoms with E-state index in [0.717, 1.165) is 38.8 Å². The normalized spacial score (nSPS) is 10.9. The van der Waals surface area contributed by atoms with Crippen LogP contribution < -0.4 is 5.63 Å². The average molecular weight is 398 g/mol. The van der Waals surface area contributed by atoms with E-state index in [-0.39, 0.29) is 11.6 Å². The topological polar surface area (TPSA) is 56.5 Å². The van der Waals surface area contributed by atoms with Crippen LogP contribution in [0, 0.1) is 13.8 Å². The number of carbonyl (C=O) groups excluding carboxylic acids is 1. The van der Waals surface area contributed by atoms with Crippen LogP contribution in [0.1, 0.15) is 28.4 Å². The van der Waals surface area contributed by atoms with Crippen LogP contribution in [0.25, 0.3) is 33.2 Å². The Labute approximate surface area is 174 Å². The highest BCUT2D eigenvalue weighted by Gasteiger charge is 2.17. The van der Waals surface area contributed by atoms with Gasteiger partial charge in [0.2, 0.25) is 0 Å². The molecule has 4 nitrogen and oxygen atoms in total. The maximum absolute atomic E-state index is 12.2. The molecule has 150 valence electrons. The molecule has 30 heavy (non-hydrogen) atoms. The Hall–Kier alpha value is -3.66. The fourth-order valence-corrected chi connectivity index (χ4v) is 3.97. The lowest BCUT2D eigenvalue weighted by Crippen LogP contribution is -2.04. The van der Waals surface area contributed by atoms with E-state index in [1.165, 1.54) is 0 Å². The van der Waals surface area contributed by atoms with Gasteiger partial charge in [-0.3, -0.25) is 0 Å². The first-order chi connectivity index (χ1) is 14.5. The van der Waals surface area contributed by atoms with Crippen molar-refractivity contribution in [1.29, 1.82) is 0 Å². The van der Waals surface area contributed by atoms with E-state index in [2.05, 4.69) is 0 Å². The third-order valence-electron chi connectivity index (χ3n) is 5.25. The van der Waals surface area contributed by atoms with Crippen molar-refractivity contribution in [1.82, 2.24) is 0 Å². The molecule has 0 N–H and O–H groups in total. The second-order valence-corrected chi connectivity index (χ2v) is 7.21. The van der Waals surface area contributed by atoms with E-state index in [1.54, 1.807) is 25.1 Å². The fraction of sp³-hybridized carbons (Fsp3) is 0.154. The van der Waals surface area contributed by atoms with Crippen LogP contribution >= 0.6 is 0 Å². The number of hydrogen-bond acceptors (Lipinski definition) is 4. The largest absolute Gasteiger partial charge is 0.462 e. The minimum Gasteiger partial charge on any atom is -0.462 e. The maximum atomic E-state index is 12.2. The summed E-state index contributed by atoms with van der Waals surface area (Å²) >= 11 is 0. The highest BCUT2D eigenvalue weighted by Crippen LogP contribution is 2.37. The second kappa shape index (κ2) is 7.99. The standard InChI is InChI=1S/C26H22O4/c1-4-29-26(28)20-12-10-19(11-13-20)24-16(2)14-22-25(17(24)3)21(15-23(27)30-22)18-8-6-5-7-9-18/h5-15H,4H2,1-3H3. The maximum Gasteiger partial charge on any atom is 0.338 e. The number of hydrogen-bond donors (Lipinski definition) is 0. The summed E-state index contributed by atoms with van der Waals surface area (Å²) in [7, 11) is 0. The van der Waals surface area contributed by atoms with Gasteiger partial charge in [0.25, 0.3) is 0 Å². The van der Waals surface area contributed by atoms with Crippen LogP contribution in [0.2, 0.25) is 0 Å². The van der Waals surface area contributed by atoms with Gasteiger partial charge in [0.1, 0.15) is 5.58 Å². The molecule has 0 atom stereocenters.